The average Bonchev–Trinajstić information content (AvgIpc) is 3.14. The molecule has 0 radical (unpaired) electrons. The first-order valence-electron chi connectivity index (χ1n) is 6.96. The van der Waals surface area contributed by atoms with Crippen LogP contribution >= 0.6 is 11.6 Å². The monoisotopic (exact) mass is 279 g/mol. The summed E-state index contributed by atoms with van der Waals surface area (Å²) < 4.78 is 7.00. The first-order valence-corrected chi connectivity index (χ1v) is 7.40. The molecule has 1 heterocycles. The molecule has 0 N–H and O–H groups in total. The van der Waals surface area contributed by atoms with E-state index in [2.05, 4.69) is 0 Å². The lowest BCUT2D eigenvalue weighted by molar-refractivity contribution is 0.502. The van der Waals surface area contributed by atoms with Gasteiger partial charge in [0.2, 0.25) is 0 Å². The molecule has 0 saturated heterocycles. The van der Waals surface area contributed by atoms with E-state index in [1.807, 2.05) is 25.1 Å². The molecule has 1 aliphatic rings. The number of hydrogen-bond donors (Lipinski definition) is 0. The average molecular weight is 280 g/mol. The summed E-state index contributed by atoms with van der Waals surface area (Å²) in [4.78, 5) is 11.8. The fourth-order valence-corrected chi connectivity index (χ4v) is 2.88. The van der Waals surface area contributed by atoms with Gasteiger partial charge in [0.05, 0.1) is 10.9 Å². The molecule has 0 bridgehead atoms. The number of aromatic nitrogens is 1. The Morgan fingerprint density at radius 1 is 1.47 bits per heavy atom. The van der Waals surface area contributed by atoms with Crippen LogP contribution in [0.3, 0.4) is 0 Å². The highest BCUT2D eigenvalue weighted by atomic mass is 35.5. The molecule has 0 amide bonds. The Bertz CT molecular complexity index is 639. The molecule has 19 heavy (non-hydrogen) atoms. The lowest BCUT2D eigenvalue weighted by Crippen LogP contribution is -2.13. The number of nitrogens with zero attached hydrogens (tertiary/aromatic N) is 1. The van der Waals surface area contributed by atoms with E-state index >= 15 is 0 Å². The van der Waals surface area contributed by atoms with Crippen LogP contribution in [0, 0.1) is 5.92 Å². The van der Waals surface area contributed by atoms with E-state index in [0.717, 1.165) is 29.8 Å². The van der Waals surface area contributed by atoms with Crippen molar-refractivity contribution in [2.24, 2.45) is 5.92 Å². The zero-order valence-electron chi connectivity index (χ0n) is 11.1. The Balaban J connectivity index is 1.94. The highest BCUT2D eigenvalue weighted by Crippen LogP contribution is 2.40. The van der Waals surface area contributed by atoms with Crippen LogP contribution in [0.15, 0.2) is 27.4 Å². The maximum atomic E-state index is 11.8. The minimum Gasteiger partial charge on any atom is -0.408 e. The maximum Gasteiger partial charge on any atom is 0.419 e. The summed E-state index contributed by atoms with van der Waals surface area (Å²) in [5.41, 5.74) is 2.57. The molecular weight excluding hydrogens is 262 g/mol. The van der Waals surface area contributed by atoms with Crippen molar-refractivity contribution in [3.05, 3.63) is 34.3 Å². The Kier molecular flexibility index (Phi) is 3.40. The number of benzene rings is 1. The lowest BCUT2D eigenvalue weighted by atomic mass is 10.1. The normalized spacial score (nSPS) is 16.9. The van der Waals surface area contributed by atoms with E-state index in [9.17, 15) is 4.79 Å². The summed E-state index contributed by atoms with van der Waals surface area (Å²) in [6.07, 6.45) is 4.53. The molecule has 1 saturated carbocycles. The summed E-state index contributed by atoms with van der Waals surface area (Å²) in [6, 6.07) is 5.89. The van der Waals surface area contributed by atoms with Gasteiger partial charge in [-0.25, -0.2) is 4.79 Å². The van der Waals surface area contributed by atoms with Crippen LogP contribution in [0.2, 0.25) is 0 Å². The van der Waals surface area contributed by atoms with Crippen molar-refractivity contribution in [1.29, 1.82) is 0 Å². The van der Waals surface area contributed by atoms with Crippen molar-refractivity contribution >= 4 is 22.7 Å². The highest BCUT2D eigenvalue weighted by Gasteiger charge is 2.25. The fourth-order valence-electron chi connectivity index (χ4n) is 2.50. The Morgan fingerprint density at radius 3 is 2.95 bits per heavy atom. The number of hydrogen-bond acceptors (Lipinski definition) is 2. The summed E-state index contributed by atoms with van der Waals surface area (Å²) in [5.74, 6) is 0.511. The Labute approximate surface area is 117 Å². The Hall–Kier alpha value is -1.22. The van der Waals surface area contributed by atoms with Crippen molar-refractivity contribution in [2.45, 2.75) is 44.5 Å². The quantitative estimate of drug-likeness (QED) is 0.773. The first-order chi connectivity index (χ1) is 9.19. The molecule has 0 aliphatic heterocycles. The summed E-state index contributed by atoms with van der Waals surface area (Å²) >= 11 is 6.42. The third kappa shape index (κ3) is 2.57. The van der Waals surface area contributed by atoms with Crippen LogP contribution in [0.1, 0.15) is 43.5 Å². The van der Waals surface area contributed by atoms with Crippen molar-refractivity contribution in [3.63, 3.8) is 0 Å². The molecule has 3 nitrogen and oxygen atoms in total. The largest absolute Gasteiger partial charge is 0.419 e. The van der Waals surface area contributed by atoms with E-state index in [0.29, 0.717) is 12.1 Å². The van der Waals surface area contributed by atoms with Gasteiger partial charge in [-0.15, -0.1) is 11.6 Å². The number of halogens is 1. The molecule has 3 rings (SSSR count). The van der Waals surface area contributed by atoms with Crippen LogP contribution in [0.4, 0.5) is 0 Å². The van der Waals surface area contributed by atoms with Gasteiger partial charge >= 0.3 is 5.76 Å². The van der Waals surface area contributed by atoms with Gasteiger partial charge in [-0.3, -0.25) is 4.57 Å². The van der Waals surface area contributed by atoms with Gasteiger partial charge in [0, 0.05) is 6.54 Å². The predicted octanol–water partition coefficient (Wildman–Crippen LogP) is 4.08. The number of aryl methyl sites for hydroxylation is 1. The van der Waals surface area contributed by atoms with E-state index in [4.69, 9.17) is 16.0 Å². The van der Waals surface area contributed by atoms with Gasteiger partial charge in [-0.1, -0.05) is 25.8 Å². The van der Waals surface area contributed by atoms with Crippen molar-refractivity contribution in [1.82, 2.24) is 4.57 Å². The van der Waals surface area contributed by atoms with Crippen LogP contribution in [-0.2, 0) is 6.54 Å². The van der Waals surface area contributed by atoms with Crippen LogP contribution in [0.25, 0.3) is 11.1 Å². The van der Waals surface area contributed by atoms with E-state index in [1.165, 1.54) is 12.8 Å². The van der Waals surface area contributed by atoms with Crippen LogP contribution in [0.5, 0.6) is 0 Å². The van der Waals surface area contributed by atoms with Gasteiger partial charge in [-0.2, -0.15) is 0 Å². The van der Waals surface area contributed by atoms with Crippen LogP contribution in [-0.4, -0.2) is 4.57 Å². The number of alkyl halides is 1. The predicted molar refractivity (Wildman–Crippen MR) is 76.7 cm³/mol. The molecule has 1 aromatic carbocycles. The second kappa shape index (κ2) is 5.04. The second-order valence-corrected chi connectivity index (χ2v) is 5.92. The molecule has 1 aliphatic carbocycles. The molecule has 1 unspecified atom stereocenters. The molecular formula is C15H18ClNO2. The van der Waals surface area contributed by atoms with Gasteiger partial charge in [0.25, 0.3) is 0 Å². The van der Waals surface area contributed by atoms with Crippen LogP contribution < -0.4 is 5.76 Å². The lowest BCUT2D eigenvalue weighted by Gasteiger charge is -2.08. The van der Waals surface area contributed by atoms with Crippen molar-refractivity contribution < 1.29 is 4.42 Å². The standard InChI is InChI=1S/C15H18ClNO2/c1-2-7-17-13-6-5-11(9-14(13)19-15(17)18)12(16)8-10-3-4-10/h5-6,9-10,12H,2-4,7-8H2,1H3. The van der Waals surface area contributed by atoms with Gasteiger partial charge in [0.1, 0.15) is 0 Å². The smallest absolute Gasteiger partial charge is 0.408 e. The third-order valence-electron chi connectivity index (χ3n) is 3.74. The minimum absolute atomic E-state index is 0.0247. The first kappa shape index (κ1) is 12.8. The SMILES string of the molecule is CCCn1c(=O)oc2cc(C(Cl)CC3CC3)ccc21. The van der Waals surface area contributed by atoms with Gasteiger partial charge in [-0.05, 0) is 36.5 Å². The molecule has 4 heteroatoms. The molecule has 0 spiro atoms. The number of fused-ring (bicyclic) bond motifs is 1. The molecule has 1 atom stereocenters. The van der Waals surface area contributed by atoms with Crippen molar-refractivity contribution in [3.8, 4) is 0 Å². The summed E-state index contributed by atoms with van der Waals surface area (Å²) in [7, 11) is 0. The van der Waals surface area contributed by atoms with E-state index in [-0.39, 0.29) is 11.1 Å². The molecule has 102 valence electrons. The molecule has 1 fully saturated rings. The molecule has 1 aromatic heterocycles. The fraction of sp³-hybridized carbons (Fsp3) is 0.533. The zero-order chi connectivity index (χ0) is 13.4. The van der Waals surface area contributed by atoms with E-state index < -0.39 is 0 Å². The van der Waals surface area contributed by atoms with Gasteiger partial charge < -0.3 is 4.42 Å². The molecule has 2 aromatic rings. The number of rotatable bonds is 5. The topological polar surface area (TPSA) is 35.1 Å². The third-order valence-corrected chi connectivity index (χ3v) is 4.17. The number of oxazole rings is 1. The summed E-state index contributed by atoms with van der Waals surface area (Å²) in [6.45, 7) is 2.74. The minimum atomic E-state index is -0.276. The zero-order valence-corrected chi connectivity index (χ0v) is 11.8. The second-order valence-electron chi connectivity index (χ2n) is 5.39. The summed E-state index contributed by atoms with van der Waals surface area (Å²) in [5, 5.41) is 0.0247. The highest BCUT2D eigenvalue weighted by molar-refractivity contribution is 6.20. The Morgan fingerprint density at radius 2 is 2.26 bits per heavy atom. The van der Waals surface area contributed by atoms with E-state index in [1.54, 1.807) is 4.57 Å². The van der Waals surface area contributed by atoms with Gasteiger partial charge in [0.15, 0.2) is 5.58 Å². The van der Waals surface area contributed by atoms with Crippen molar-refractivity contribution in [2.75, 3.05) is 0 Å². The maximum absolute atomic E-state index is 11.8.